The summed E-state index contributed by atoms with van der Waals surface area (Å²) in [6.45, 7) is 0. The molecular formula is C11H13Cl2NO2. The van der Waals surface area contributed by atoms with Crippen molar-refractivity contribution in [3.05, 3.63) is 33.8 Å². The molecule has 5 heteroatoms. The topological polar surface area (TPSA) is 38.3 Å². The Morgan fingerprint density at radius 1 is 1.38 bits per heavy atom. The van der Waals surface area contributed by atoms with Crippen LogP contribution in [0.5, 0.6) is 0 Å². The van der Waals surface area contributed by atoms with E-state index in [9.17, 15) is 4.79 Å². The van der Waals surface area contributed by atoms with Crippen molar-refractivity contribution < 1.29 is 9.53 Å². The average molecular weight is 262 g/mol. The normalized spacial score (nSPS) is 12.2. The second kappa shape index (κ2) is 6.09. The standard InChI is InChI=1S/C11H13Cl2NO2/c1-14-10(6-11(15)16-2)7-3-8(12)5-9(13)4-7/h3-5,10,14H,6H2,1-2H3/t10-/m1/s1. The van der Waals surface area contributed by atoms with Crippen molar-refractivity contribution in [1.29, 1.82) is 0 Å². The molecule has 0 aliphatic heterocycles. The van der Waals surface area contributed by atoms with Gasteiger partial charge in [0.05, 0.1) is 13.5 Å². The number of carbonyl (C=O) groups is 1. The summed E-state index contributed by atoms with van der Waals surface area (Å²) in [6, 6.07) is 5.05. The third kappa shape index (κ3) is 3.67. The molecule has 0 saturated carbocycles. The molecule has 0 aliphatic carbocycles. The molecule has 0 saturated heterocycles. The molecule has 1 N–H and O–H groups in total. The zero-order chi connectivity index (χ0) is 12.1. The van der Waals surface area contributed by atoms with E-state index in [1.54, 1.807) is 25.2 Å². The van der Waals surface area contributed by atoms with Gasteiger partial charge in [0.25, 0.3) is 0 Å². The van der Waals surface area contributed by atoms with Crippen molar-refractivity contribution in [2.24, 2.45) is 0 Å². The highest BCUT2D eigenvalue weighted by molar-refractivity contribution is 6.34. The first-order valence-electron chi connectivity index (χ1n) is 4.77. The molecule has 0 bridgehead atoms. The van der Waals surface area contributed by atoms with E-state index in [0.717, 1.165) is 5.56 Å². The fraction of sp³-hybridized carbons (Fsp3) is 0.364. The Bertz CT molecular complexity index is 362. The number of ether oxygens (including phenoxy) is 1. The quantitative estimate of drug-likeness (QED) is 0.848. The third-order valence-electron chi connectivity index (χ3n) is 2.23. The molecular weight excluding hydrogens is 249 g/mol. The summed E-state index contributed by atoms with van der Waals surface area (Å²) >= 11 is 11.8. The van der Waals surface area contributed by atoms with Gasteiger partial charge in [-0.1, -0.05) is 23.2 Å². The molecule has 0 unspecified atom stereocenters. The lowest BCUT2D eigenvalue weighted by atomic mass is 10.0. The third-order valence-corrected chi connectivity index (χ3v) is 2.67. The van der Waals surface area contributed by atoms with Crippen LogP contribution in [0.15, 0.2) is 18.2 Å². The van der Waals surface area contributed by atoms with Gasteiger partial charge in [-0.05, 0) is 30.8 Å². The van der Waals surface area contributed by atoms with Crippen LogP contribution in [0.1, 0.15) is 18.0 Å². The number of nitrogens with one attached hydrogen (secondary N) is 1. The van der Waals surface area contributed by atoms with Crippen molar-refractivity contribution in [3.63, 3.8) is 0 Å². The highest BCUT2D eigenvalue weighted by Gasteiger charge is 2.15. The maximum atomic E-state index is 11.2. The van der Waals surface area contributed by atoms with Crippen molar-refractivity contribution in [2.75, 3.05) is 14.2 Å². The van der Waals surface area contributed by atoms with Gasteiger partial charge < -0.3 is 10.1 Å². The van der Waals surface area contributed by atoms with Crippen molar-refractivity contribution in [1.82, 2.24) is 5.32 Å². The van der Waals surface area contributed by atoms with Crippen LogP contribution >= 0.6 is 23.2 Å². The van der Waals surface area contributed by atoms with E-state index in [2.05, 4.69) is 10.1 Å². The molecule has 0 spiro atoms. The maximum Gasteiger partial charge on any atom is 0.307 e. The molecule has 3 nitrogen and oxygen atoms in total. The van der Waals surface area contributed by atoms with E-state index in [-0.39, 0.29) is 18.4 Å². The van der Waals surface area contributed by atoms with Gasteiger partial charge in [0.2, 0.25) is 0 Å². The van der Waals surface area contributed by atoms with Crippen LogP contribution < -0.4 is 5.32 Å². The first-order valence-corrected chi connectivity index (χ1v) is 5.52. The molecule has 1 atom stereocenters. The Kier molecular flexibility index (Phi) is 5.06. The van der Waals surface area contributed by atoms with Gasteiger partial charge in [-0.15, -0.1) is 0 Å². The lowest BCUT2D eigenvalue weighted by molar-refractivity contribution is -0.141. The molecule has 0 amide bonds. The predicted molar refractivity (Wildman–Crippen MR) is 64.9 cm³/mol. The minimum atomic E-state index is -0.282. The number of esters is 1. The molecule has 0 heterocycles. The summed E-state index contributed by atoms with van der Waals surface area (Å²) in [4.78, 5) is 11.2. The summed E-state index contributed by atoms with van der Waals surface area (Å²) in [7, 11) is 3.13. The predicted octanol–water partition coefficient (Wildman–Crippen LogP) is 2.82. The second-order valence-electron chi connectivity index (χ2n) is 3.32. The van der Waals surface area contributed by atoms with Gasteiger partial charge in [0, 0.05) is 16.1 Å². The minimum Gasteiger partial charge on any atom is -0.469 e. The molecule has 0 fully saturated rings. The maximum absolute atomic E-state index is 11.2. The van der Waals surface area contributed by atoms with Crippen molar-refractivity contribution in [3.8, 4) is 0 Å². The molecule has 0 radical (unpaired) electrons. The van der Waals surface area contributed by atoms with Gasteiger partial charge in [-0.3, -0.25) is 4.79 Å². The van der Waals surface area contributed by atoms with Crippen LogP contribution in [-0.4, -0.2) is 20.1 Å². The molecule has 1 rings (SSSR count). The van der Waals surface area contributed by atoms with E-state index in [0.29, 0.717) is 10.0 Å². The fourth-order valence-corrected chi connectivity index (χ4v) is 1.96. The number of methoxy groups -OCH3 is 1. The van der Waals surface area contributed by atoms with Gasteiger partial charge in [0.15, 0.2) is 0 Å². The Morgan fingerprint density at radius 2 is 1.94 bits per heavy atom. The van der Waals surface area contributed by atoms with Gasteiger partial charge in [-0.2, -0.15) is 0 Å². The van der Waals surface area contributed by atoms with Crippen LogP contribution in [0.25, 0.3) is 0 Å². The number of rotatable bonds is 4. The molecule has 0 aromatic heterocycles. The molecule has 0 aliphatic rings. The van der Waals surface area contributed by atoms with Crippen LogP contribution in [0, 0.1) is 0 Å². The first-order chi connectivity index (χ1) is 7.56. The molecule has 88 valence electrons. The molecule has 16 heavy (non-hydrogen) atoms. The van der Waals surface area contributed by atoms with E-state index < -0.39 is 0 Å². The van der Waals surface area contributed by atoms with Gasteiger partial charge in [-0.25, -0.2) is 0 Å². The smallest absolute Gasteiger partial charge is 0.307 e. The zero-order valence-electron chi connectivity index (χ0n) is 9.09. The SMILES string of the molecule is CN[C@H](CC(=O)OC)c1cc(Cl)cc(Cl)c1. The summed E-state index contributed by atoms with van der Waals surface area (Å²) in [6.07, 6.45) is 0.240. The molecule has 1 aromatic carbocycles. The van der Waals surface area contributed by atoms with Gasteiger partial charge in [0.1, 0.15) is 0 Å². The Balaban J connectivity index is 2.90. The van der Waals surface area contributed by atoms with E-state index in [4.69, 9.17) is 23.2 Å². The Morgan fingerprint density at radius 3 is 2.38 bits per heavy atom. The highest BCUT2D eigenvalue weighted by atomic mass is 35.5. The number of halogens is 2. The monoisotopic (exact) mass is 261 g/mol. The van der Waals surface area contributed by atoms with Crippen LogP contribution in [-0.2, 0) is 9.53 Å². The van der Waals surface area contributed by atoms with Crippen LogP contribution in [0.3, 0.4) is 0 Å². The largest absolute Gasteiger partial charge is 0.469 e. The van der Waals surface area contributed by atoms with Crippen molar-refractivity contribution in [2.45, 2.75) is 12.5 Å². The fourth-order valence-electron chi connectivity index (χ4n) is 1.41. The Hall–Kier alpha value is -0.770. The molecule has 1 aromatic rings. The number of hydrogen-bond acceptors (Lipinski definition) is 3. The summed E-state index contributed by atoms with van der Waals surface area (Å²) < 4.78 is 4.62. The van der Waals surface area contributed by atoms with Crippen molar-refractivity contribution >= 4 is 29.2 Å². The highest BCUT2D eigenvalue weighted by Crippen LogP contribution is 2.25. The van der Waals surface area contributed by atoms with Crippen LogP contribution in [0.2, 0.25) is 10.0 Å². The van der Waals surface area contributed by atoms with E-state index in [1.165, 1.54) is 7.11 Å². The number of benzene rings is 1. The summed E-state index contributed by atoms with van der Waals surface area (Å²) in [5.74, 6) is -0.282. The average Bonchev–Trinajstić information content (AvgIpc) is 2.24. The summed E-state index contributed by atoms with van der Waals surface area (Å²) in [5, 5.41) is 4.12. The first kappa shape index (κ1) is 13.3. The lowest BCUT2D eigenvalue weighted by Gasteiger charge is -2.15. The number of carbonyl (C=O) groups excluding carboxylic acids is 1. The number of hydrogen-bond donors (Lipinski definition) is 1. The van der Waals surface area contributed by atoms with E-state index in [1.807, 2.05) is 0 Å². The van der Waals surface area contributed by atoms with Crippen LogP contribution in [0.4, 0.5) is 0 Å². The Labute approximate surface area is 105 Å². The second-order valence-corrected chi connectivity index (χ2v) is 4.20. The van der Waals surface area contributed by atoms with E-state index >= 15 is 0 Å². The van der Waals surface area contributed by atoms with Gasteiger partial charge >= 0.3 is 5.97 Å². The minimum absolute atomic E-state index is 0.149. The zero-order valence-corrected chi connectivity index (χ0v) is 10.6. The summed E-state index contributed by atoms with van der Waals surface area (Å²) in [5.41, 5.74) is 0.866. The lowest BCUT2D eigenvalue weighted by Crippen LogP contribution is -2.20.